The number of rotatable bonds is 6. The van der Waals surface area contributed by atoms with Crippen LogP contribution in [0.1, 0.15) is 37.5 Å². The van der Waals surface area contributed by atoms with E-state index in [1.165, 1.54) is 22.1 Å². The molecule has 0 amide bonds. The molecule has 0 aliphatic heterocycles. The third kappa shape index (κ3) is 6.20. The van der Waals surface area contributed by atoms with Crippen LogP contribution >= 0.6 is 0 Å². The van der Waals surface area contributed by atoms with Gasteiger partial charge in [0.05, 0.1) is 11.0 Å². The summed E-state index contributed by atoms with van der Waals surface area (Å²) in [6, 6.07) is 62.1. The van der Waals surface area contributed by atoms with Crippen molar-refractivity contribution in [2.45, 2.75) is 32.6 Å². The quantitative estimate of drug-likeness (QED) is 0.156. The van der Waals surface area contributed by atoms with E-state index in [-0.39, 0.29) is 26.5 Å². The van der Waals surface area contributed by atoms with E-state index in [2.05, 4.69) is 194 Å². The molecule has 286 valence electrons. The minimum atomic E-state index is -0.0380. The summed E-state index contributed by atoms with van der Waals surface area (Å²) < 4.78 is 4.58. The Hall–Kier alpha value is -6.55. The maximum absolute atomic E-state index is 5.53. The standard InChI is InChI=1S/C53H39N5.Pt/c1-53(2,3)37-28-29-54-49(33-37)58-47-31-35(30-34-14-6-4-7-15-34)24-26-41(47)42-27-25-36(32-48(42)58)39-19-13-23-46-51(39)56-52(57(46)38-16-8-5-9-17-38)44-21-12-20-43-40-18-10-11-22-45(40)55-50(43)44;/h4-29,31,33H,30H2,1-3H3;/q-2;+2. The van der Waals surface area contributed by atoms with Crippen molar-refractivity contribution < 1.29 is 21.1 Å². The summed E-state index contributed by atoms with van der Waals surface area (Å²) in [6.45, 7) is 6.75. The Morgan fingerprint density at radius 2 is 1.32 bits per heavy atom. The second-order valence-electron chi connectivity index (χ2n) is 16.2. The molecule has 0 atom stereocenters. The Bertz CT molecular complexity index is 3350. The smallest absolute Gasteiger partial charge is 0.656 e. The van der Waals surface area contributed by atoms with Gasteiger partial charge >= 0.3 is 21.1 Å². The fourth-order valence-electron chi connectivity index (χ4n) is 8.65. The molecular weight excluding hydrogens is 902 g/mol. The molecule has 0 N–H and O–H groups in total. The van der Waals surface area contributed by atoms with Crippen molar-refractivity contribution in [2.75, 3.05) is 0 Å². The van der Waals surface area contributed by atoms with Crippen molar-refractivity contribution in [2.24, 2.45) is 0 Å². The molecule has 11 rings (SSSR count). The van der Waals surface area contributed by atoms with Gasteiger partial charge in [-0.1, -0.05) is 147 Å². The van der Waals surface area contributed by atoms with E-state index in [9.17, 15) is 0 Å². The molecule has 59 heavy (non-hydrogen) atoms. The molecule has 0 saturated heterocycles. The summed E-state index contributed by atoms with van der Waals surface area (Å²) in [5.41, 5.74) is 13.7. The Kier molecular flexibility index (Phi) is 8.96. The summed E-state index contributed by atoms with van der Waals surface area (Å²) >= 11 is 0. The first kappa shape index (κ1) is 36.8. The average Bonchev–Trinajstić information content (AvgIpc) is 3.93. The number of para-hydroxylation sites is 4. The van der Waals surface area contributed by atoms with Crippen LogP contribution in [0.2, 0.25) is 0 Å². The SMILES string of the molecule is CC(C)(C)c1ccnc(-n2c3[c-]c(-c4cccc5c4nc(-c4cccc6c4[n-]c4ccccc46)n5-c4ccccc4)ccc3c3ccc(Cc4ccccc4)cc32)c1.[Pt+2]. The summed E-state index contributed by atoms with van der Waals surface area (Å²) in [7, 11) is 0. The van der Waals surface area contributed by atoms with Crippen LogP contribution in [-0.2, 0) is 32.9 Å². The number of hydrogen-bond acceptors (Lipinski definition) is 2. The molecule has 11 aromatic rings. The van der Waals surface area contributed by atoms with Crippen molar-refractivity contribution >= 4 is 54.6 Å². The fraction of sp³-hybridized carbons (Fsp3) is 0.0943. The van der Waals surface area contributed by atoms with Crippen LogP contribution in [0.5, 0.6) is 0 Å². The molecule has 0 aliphatic rings. The zero-order valence-corrected chi connectivity index (χ0v) is 35.2. The van der Waals surface area contributed by atoms with Gasteiger partial charge in [0.25, 0.3) is 0 Å². The average molecular weight is 941 g/mol. The zero-order chi connectivity index (χ0) is 39.0. The Balaban J connectivity index is 0.00000420. The monoisotopic (exact) mass is 940 g/mol. The largest absolute Gasteiger partial charge is 2.00 e. The number of pyridine rings is 1. The zero-order valence-electron chi connectivity index (χ0n) is 32.9. The Morgan fingerprint density at radius 1 is 0.593 bits per heavy atom. The van der Waals surface area contributed by atoms with E-state index < -0.39 is 0 Å². The number of imidazole rings is 1. The predicted octanol–water partition coefficient (Wildman–Crippen LogP) is 12.8. The molecule has 7 aromatic carbocycles. The molecule has 0 aliphatic carbocycles. The van der Waals surface area contributed by atoms with Gasteiger partial charge in [-0.3, -0.25) is 4.57 Å². The van der Waals surface area contributed by atoms with E-state index >= 15 is 0 Å². The topological polar surface area (TPSA) is 49.7 Å². The second-order valence-corrected chi connectivity index (χ2v) is 16.2. The molecule has 4 aromatic heterocycles. The van der Waals surface area contributed by atoms with Gasteiger partial charge in [-0.05, 0) is 86.6 Å². The Labute approximate surface area is 357 Å². The van der Waals surface area contributed by atoms with Crippen LogP contribution in [0, 0.1) is 6.07 Å². The number of aromatic nitrogens is 5. The van der Waals surface area contributed by atoms with E-state index in [1.54, 1.807) is 0 Å². The number of fused-ring (bicyclic) bond motifs is 7. The number of benzene rings is 7. The van der Waals surface area contributed by atoms with Crippen LogP contribution in [0.4, 0.5) is 0 Å². The second kappa shape index (κ2) is 14.4. The van der Waals surface area contributed by atoms with Crippen molar-refractivity contribution in [3.8, 4) is 34.0 Å². The maximum atomic E-state index is 5.53. The van der Waals surface area contributed by atoms with Gasteiger partial charge in [-0.25, -0.2) is 9.97 Å². The fourth-order valence-corrected chi connectivity index (χ4v) is 8.65. The summed E-state index contributed by atoms with van der Waals surface area (Å²) in [5, 5.41) is 4.59. The molecule has 0 radical (unpaired) electrons. The third-order valence-corrected chi connectivity index (χ3v) is 11.5. The maximum Gasteiger partial charge on any atom is 2.00 e. The van der Waals surface area contributed by atoms with E-state index in [1.807, 2.05) is 12.3 Å². The first-order valence-corrected chi connectivity index (χ1v) is 19.9. The third-order valence-electron chi connectivity index (χ3n) is 11.5. The molecular formula is C53H39N5Pt. The number of hydrogen-bond donors (Lipinski definition) is 0. The van der Waals surface area contributed by atoms with Gasteiger partial charge in [0.1, 0.15) is 11.6 Å². The molecule has 0 fully saturated rings. The molecule has 5 nitrogen and oxygen atoms in total. The minimum Gasteiger partial charge on any atom is -0.656 e. The first-order chi connectivity index (χ1) is 28.4. The van der Waals surface area contributed by atoms with Crippen molar-refractivity contribution in [3.63, 3.8) is 0 Å². The van der Waals surface area contributed by atoms with Gasteiger partial charge in [-0.2, -0.15) is 0 Å². The van der Waals surface area contributed by atoms with Gasteiger partial charge in [-0.15, -0.1) is 34.8 Å². The van der Waals surface area contributed by atoms with Crippen molar-refractivity contribution in [1.29, 1.82) is 0 Å². The molecule has 0 unspecified atom stereocenters. The summed E-state index contributed by atoms with van der Waals surface area (Å²) in [4.78, 5) is 15.7. The van der Waals surface area contributed by atoms with Crippen LogP contribution in [0.15, 0.2) is 170 Å². The molecule has 0 saturated carbocycles. The predicted molar refractivity (Wildman–Crippen MR) is 239 cm³/mol. The Morgan fingerprint density at radius 3 is 2.15 bits per heavy atom. The van der Waals surface area contributed by atoms with Crippen LogP contribution in [0.3, 0.4) is 0 Å². The van der Waals surface area contributed by atoms with Crippen molar-refractivity contribution in [3.05, 3.63) is 193 Å². The van der Waals surface area contributed by atoms with E-state index in [0.717, 1.165) is 89.7 Å². The van der Waals surface area contributed by atoms with E-state index in [0.29, 0.717) is 0 Å². The van der Waals surface area contributed by atoms with Crippen LogP contribution < -0.4 is 4.98 Å². The molecule has 0 bridgehead atoms. The summed E-state index contributed by atoms with van der Waals surface area (Å²) in [6.07, 6.45) is 2.79. The van der Waals surface area contributed by atoms with Gasteiger partial charge < -0.3 is 9.55 Å². The minimum absolute atomic E-state index is 0. The van der Waals surface area contributed by atoms with Gasteiger partial charge in [0, 0.05) is 23.0 Å². The molecule has 4 heterocycles. The normalized spacial score (nSPS) is 11.9. The van der Waals surface area contributed by atoms with Gasteiger partial charge in [0.15, 0.2) is 0 Å². The first-order valence-electron chi connectivity index (χ1n) is 19.9. The summed E-state index contributed by atoms with van der Waals surface area (Å²) in [5.74, 6) is 1.74. The number of nitrogens with zero attached hydrogens (tertiary/aromatic N) is 5. The van der Waals surface area contributed by atoms with Crippen LogP contribution in [0.25, 0.3) is 88.7 Å². The molecule has 0 spiro atoms. The van der Waals surface area contributed by atoms with E-state index in [4.69, 9.17) is 15.0 Å². The van der Waals surface area contributed by atoms with Crippen LogP contribution in [-0.4, -0.2) is 19.1 Å². The van der Waals surface area contributed by atoms with Crippen molar-refractivity contribution in [1.82, 2.24) is 24.1 Å². The van der Waals surface area contributed by atoms with Gasteiger partial charge in [0.2, 0.25) is 0 Å². The molecule has 6 heteroatoms.